The van der Waals surface area contributed by atoms with E-state index < -0.39 is 6.09 Å². The van der Waals surface area contributed by atoms with Gasteiger partial charge in [-0.1, -0.05) is 18.2 Å². The quantitative estimate of drug-likeness (QED) is 0.920. The number of para-hydroxylation sites is 1. The van der Waals surface area contributed by atoms with E-state index in [0.717, 1.165) is 18.0 Å². The molecule has 2 aromatic rings. The number of hydrogen-bond acceptors (Lipinski definition) is 4. The first-order valence-electron chi connectivity index (χ1n) is 6.74. The maximum absolute atomic E-state index is 11.9. The predicted octanol–water partition coefficient (Wildman–Crippen LogP) is 3.13. The minimum atomic E-state index is -0.513. The molecular formula is C16H16N2O3. The lowest BCUT2D eigenvalue weighted by atomic mass is 10.2. The summed E-state index contributed by atoms with van der Waals surface area (Å²) in [5.74, 6) is 1.33. The summed E-state index contributed by atoms with van der Waals surface area (Å²) < 4.78 is 10.8. The number of fused-ring (bicyclic) bond motifs is 1. The van der Waals surface area contributed by atoms with Gasteiger partial charge in [-0.2, -0.15) is 0 Å². The lowest BCUT2D eigenvalue weighted by molar-refractivity contribution is 0.215. The van der Waals surface area contributed by atoms with E-state index in [2.05, 4.69) is 10.2 Å². The number of amides is 1. The Morgan fingerprint density at radius 3 is 2.86 bits per heavy atom. The van der Waals surface area contributed by atoms with E-state index in [1.54, 1.807) is 18.2 Å². The van der Waals surface area contributed by atoms with Crippen molar-refractivity contribution in [3.63, 3.8) is 0 Å². The van der Waals surface area contributed by atoms with Crippen LogP contribution >= 0.6 is 0 Å². The predicted molar refractivity (Wildman–Crippen MR) is 81.3 cm³/mol. The fourth-order valence-electron chi connectivity index (χ4n) is 2.17. The topological polar surface area (TPSA) is 50.8 Å². The second-order valence-corrected chi connectivity index (χ2v) is 4.78. The molecule has 5 heteroatoms. The monoisotopic (exact) mass is 284 g/mol. The Kier molecular flexibility index (Phi) is 3.64. The summed E-state index contributed by atoms with van der Waals surface area (Å²) in [6.07, 6.45) is -0.513. The second-order valence-electron chi connectivity index (χ2n) is 4.78. The molecule has 0 aliphatic carbocycles. The van der Waals surface area contributed by atoms with Crippen molar-refractivity contribution < 1.29 is 14.3 Å². The zero-order valence-electron chi connectivity index (χ0n) is 11.7. The van der Waals surface area contributed by atoms with Crippen molar-refractivity contribution in [1.29, 1.82) is 0 Å². The van der Waals surface area contributed by atoms with Gasteiger partial charge in [-0.15, -0.1) is 0 Å². The number of hydrogen-bond donors (Lipinski definition) is 1. The molecule has 0 radical (unpaired) electrons. The molecule has 5 nitrogen and oxygen atoms in total. The number of ether oxygens (including phenoxy) is 2. The molecule has 3 rings (SSSR count). The Balaban J connectivity index is 1.70. The van der Waals surface area contributed by atoms with E-state index in [-0.39, 0.29) is 0 Å². The van der Waals surface area contributed by atoms with Crippen molar-refractivity contribution in [2.45, 2.75) is 0 Å². The van der Waals surface area contributed by atoms with E-state index in [1.165, 1.54) is 0 Å². The van der Waals surface area contributed by atoms with Crippen LogP contribution in [0.15, 0.2) is 48.5 Å². The maximum Gasteiger partial charge on any atom is 0.417 e. The van der Waals surface area contributed by atoms with Crippen LogP contribution in [0.5, 0.6) is 11.5 Å². The standard InChI is InChI=1S/C16H16N2O3/c1-18-9-10-20-15-8-7-12(11-14(15)18)17-16(19)21-13-5-3-2-4-6-13/h2-8,11H,9-10H2,1H3,(H,17,19). The van der Waals surface area contributed by atoms with E-state index in [0.29, 0.717) is 18.0 Å². The van der Waals surface area contributed by atoms with E-state index in [1.807, 2.05) is 37.4 Å². The molecule has 0 fully saturated rings. The van der Waals surface area contributed by atoms with Crippen molar-refractivity contribution in [2.24, 2.45) is 0 Å². The lowest BCUT2D eigenvalue weighted by Gasteiger charge is -2.28. The molecule has 0 bridgehead atoms. The van der Waals surface area contributed by atoms with E-state index in [4.69, 9.17) is 9.47 Å². The summed E-state index contributed by atoms with van der Waals surface area (Å²) in [6, 6.07) is 14.5. The molecule has 1 aliphatic heterocycles. The van der Waals surface area contributed by atoms with Crippen LogP contribution in [-0.2, 0) is 0 Å². The first-order valence-corrected chi connectivity index (χ1v) is 6.74. The van der Waals surface area contributed by atoms with E-state index >= 15 is 0 Å². The highest BCUT2D eigenvalue weighted by molar-refractivity contribution is 5.87. The molecule has 21 heavy (non-hydrogen) atoms. The zero-order valence-corrected chi connectivity index (χ0v) is 11.7. The fraction of sp³-hybridized carbons (Fsp3) is 0.188. The summed E-state index contributed by atoms with van der Waals surface area (Å²) in [5.41, 5.74) is 1.63. The summed E-state index contributed by atoms with van der Waals surface area (Å²) in [4.78, 5) is 13.9. The molecule has 0 atom stereocenters. The SMILES string of the molecule is CN1CCOc2ccc(NC(=O)Oc3ccccc3)cc21. The van der Waals surface area contributed by atoms with Crippen LogP contribution in [0.25, 0.3) is 0 Å². The van der Waals surface area contributed by atoms with Crippen molar-refractivity contribution >= 4 is 17.5 Å². The Labute approximate surface area is 123 Å². The molecule has 1 N–H and O–H groups in total. The number of carbonyl (C=O) groups excluding carboxylic acids is 1. The van der Waals surface area contributed by atoms with Gasteiger partial charge in [-0.05, 0) is 30.3 Å². The number of carbonyl (C=O) groups is 1. The average molecular weight is 284 g/mol. The number of anilines is 2. The number of nitrogens with one attached hydrogen (secondary N) is 1. The second kappa shape index (κ2) is 5.75. The van der Waals surface area contributed by atoms with Gasteiger partial charge >= 0.3 is 6.09 Å². The molecule has 1 amide bonds. The normalized spacial score (nSPS) is 13.1. The highest BCUT2D eigenvalue weighted by Crippen LogP contribution is 2.33. The number of rotatable bonds is 2. The molecular weight excluding hydrogens is 268 g/mol. The minimum absolute atomic E-state index is 0.508. The highest BCUT2D eigenvalue weighted by Gasteiger charge is 2.16. The Morgan fingerprint density at radius 2 is 2.05 bits per heavy atom. The molecule has 0 spiro atoms. The van der Waals surface area contributed by atoms with Gasteiger partial charge in [0.1, 0.15) is 18.1 Å². The van der Waals surface area contributed by atoms with Crippen LogP contribution in [0, 0.1) is 0 Å². The minimum Gasteiger partial charge on any atom is -0.490 e. The van der Waals surface area contributed by atoms with Gasteiger partial charge in [0.2, 0.25) is 0 Å². The average Bonchev–Trinajstić information content (AvgIpc) is 2.49. The summed E-state index contributed by atoms with van der Waals surface area (Å²) in [6.45, 7) is 1.50. The van der Waals surface area contributed by atoms with Crippen LogP contribution in [-0.4, -0.2) is 26.3 Å². The largest absolute Gasteiger partial charge is 0.490 e. The van der Waals surface area contributed by atoms with Crippen molar-refractivity contribution in [1.82, 2.24) is 0 Å². The summed E-state index contributed by atoms with van der Waals surface area (Å²) in [7, 11) is 1.99. The van der Waals surface area contributed by atoms with Crippen molar-refractivity contribution in [2.75, 3.05) is 30.4 Å². The molecule has 0 saturated heterocycles. The molecule has 0 saturated carbocycles. The lowest BCUT2D eigenvalue weighted by Crippen LogP contribution is -2.29. The van der Waals surface area contributed by atoms with Gasteiger partial charge in [-0.3, -0.25) is 5.32 Å². The number of nitrogens with zero attached hydrogens (tertiary/aromatic N) is 1. The molecule has 1 heterocycles. The zero-order chi connectivity index (χ0) is 14.7. The van der Waals surface area contributed by atoms with Gasteiger partial charge in [0, 0.05) is 12.7 Å². The molecule has 1 aliphatic rings. The summed E-state index contributed by atoms with van der Waals surface area (Å²) >= 11 is 0. The number of benzene rings is 2. The van der Waals surface area contributed by atoms with Crippen LogP contribution in [0.2, 0.25) is 0 Å². The van der Waals surface area contributed by atoms with Gasteiger partial charge in [-0.25, -0.2) is 4.79 Å². The fourth-order valence-corrected chi connectivity index (χ4v) is 2.17. The highest BCUT2D eigenvalue weighted by atomic mass is 16.6. The molecule has 0 unspecified atom stereocenters. The van der Waals surface area contributed by atoms with Crippen LogP contribution < -0.4 is 19.7 Å². The number of likely N-dealkylation sites (N-methyl/N-ethyl adjacent to an activating group) is 1. The van der Waals surface area contributed by atoms with Crippen LogP contribution in [0.3, 0.4) is 0 Å². The Bertz CT molecular complexity index is 643. The maximum atomic E-state index is 11.9. The molecule has 108 valence electrons. The smallest absolute Gasteiger partial charge is 0.417 e. The molecule has 2 aromatic carbocycles. The first-order chi connectivity index (χ1) is 10.2. The Morgan fingerprint density at radius 1 is 1.24 bits per heavy atom. The van der Waals surface area contributed by atoms with Gasteiger partial charge in [0.15, 0.2) is 0 Å². The van der Waals surface area contributed by atoms with E-state index in [9.17, 15) is 4.79 Å². The van der Waals surface area contributed by atoms with Gasteiger partial charge < -0.3 is 14.4 Å². The summed E-state index contributed by atoms with van der Waals surface area (Å²) in [5, 5.41) is 2.72. The van der Waals surface area contributed by atoms with Crippen LogP contribution in [0.4, 0.5) is 16.2 Å². The van der Waals surface area contributed by atoms with Crippen molar-refractivity contribution in [3.05, 3.63) is 48.5 Å². The van der Waals surface area contributed by atoms with Crippen LogP contribution in [0.1, 0.15) is 0 Å². The van der Waals surface area contributed by atoms with Crippen molar-refractivity contribution in [3.8, 4) is 11.5 Å². The third kappa shape index (κ3) is 3.08. The molecule has 0 aromatic heterocycles. The van der Waals surface area contributed by atoms with Gasteiger partial charge in [0.05, 0.1) is 12.2 Å². The third-order valence-electron chi connectivity index (χ3n) is 3.25. The third-order valence-corrected chi connectivity index (χ3v) is 3.25. The first kappa shape index (κ1) is 13.3. The van der Waals surface area contributed by atoms with Gasteiger partial charge in [0.25, 0.3) is 0 Å². The Hall–Kier alpha value is -2.69.